The van der Waals surface area contributed by atoms with E-state index >= 15 is 0 Å². The lowest BCUT2D eigenvalue weighted by molar-refractivity contribution is 0.408. The van der Waals surface area contributed by atoms with E-state index in [-0.39, 0.29) is 0 Å². The van der Waals surface area contributed by atoms with Crippen molar-refractivity contribution >= 4 is 11.6 Å². The van der Waals surface area contributed by atoms with Gasteiger partial charge in [0, 0.05) is 11.6 Å². The Balaban J connectivity index is 1.87. The van der Waals surface area contributed by atoms with E-state index in [1.54, 1.807) is 13.4 Å². The lowest BCUT2D eigenvalue weighted by Crippen LogP contribution is -2.11. The van der Waals surface area contributed by atoms with Gasteiger partial charge in [-0.2, -0.15) is 0 Å². The number of methoxy groups -OCH3 is 1. The molecular formula is C24H23NO3. The molecule has 0 saturated carbocycles. The molecule has 142 valence electrons. The molecule has 0 aliphatic carbocycles. The molecule has 0 N–H and O–H groups in total. The Morgan fingerprint density at radius 3 is 2.29 bits per heavy atom. The first-order valence-corrected chi connectivity index (χ1v) is 9.00. The highest BCUT2D eigenvalue weighted by Gasteiger charge is 2.08. The number of rotatable bonds is 6. The second kappa shape index (κ2) is 9.42. The van der Waals surface area contributed by atoms with Crippen molar-refractivity contribution in [1.82, 2.24) is 0 Å². The average molecular weight is 373 g/mol. The fraction of sp³-hybridized carbons (Fsp3) is 0.125. The van der Waals surface area contributed by atoms with Gasteiger partial charge in [-0.15, -0.1) is 0 Å². The Morgan fingerprint density at radius 1 is 0.821 bits per heavy atom. The van der Waals surface area contributed by atoms with Crippen LogP contribution in [-0.4, -0.2) is 13.0 Å². The van der Waals surface area contributed by atoms with Gasteiger partial charge in [-0.3, -0.25) is 0 Å². The summed E-state index contributed by atoms with van der Waals surface area (Å²) in [6.07, 6.45) is 1.63. The molecule has 0 heterocycles. The Labute approximate surface area is 165 Å². The van der Waals surface area contributed by atoms with E-state index in [0.717, 1.165) is 28.3 Å². The Morgan fingerprint density at radius 2 is 1.54 bits per heavy atom. The third kappa shape index (κ3) is 5.48. The summed E-state index contributed by atoms with van der Waals surface area (Å²) in [7, 11) is 1.63. The van der Waals surface area contributed by atoms with E-state index in [1.165, 1.54) is 0 Å². The molecule has 0 amide bonds. The molecule has 0 fully saturated rings. The monoisotopic (exact) mass is 373 g/mol. The standard InChI is InChI=1S/C24H23NO3/c1-18-9-7-14-23(15-18)28-24(25-20-10-5-4-6-11-20)19(2)17-27-22-13-8-12-21(16-22)26-3/h4-17H,1-3H3/b19-17?,25-24+. The van der Waals surface area contributed by atoms with Gasteiger partial charge in [-0.05, 0) is 55.8 Å². The predicted octanol–water partition coefficient (Wildman–Crippen LogP) is 6.10. The first-order valence-electron chi connectivity index (χ1n) is 9.00. The molecule has 4 heteroatoms. The molecule has 0 unspecified atom stereocenters. The molecule has 0 atom stereocenters. The van der Waals surface area contributed by atoms with Crippen LogP contribution in [-0.2, 0) is 0 Å². The van der Waals surface area contributed by atoms with Crippen LogP contribution in [0.1, 0.15) is 12.5 Å². The quantitative estimate of drug-likeness (QED) is 0.298. The zero-order valence-electron chi connectivity index (χ0n) is 16.3. The number of benzene rings is 3. The molecule has 0 radical (unpaired) electrons. The third-order valence-corrected chi connectivity index (χ3v) is 3.94. The van der Waals surface area contributed by atoms with Gasteiger partial charge in [0.25, 0.3) is 0 Å². The lowest BCUT2D eigenvalue weighted by atomic mass is 10.2. The van der Waals surface area contributed by atoms with Crippen LogP contribution in [0.2, 0.25) is 0 Å². The highest BCUT2D eigenvalue weighted by Crippen LogP contribution is 2.21. The van der Waals surface area contributed by atoms with Crippen LogP contribution in [0.5, 0.6) is 17.2 Å². The maximum absolute atomic E-state index is 6.07. The van der Waals surface area contributed by atoms with Crippen molar-refractivity contribution in [3.05, 3.63) is 96.3 Å². The van der Waals surface area contributed by atoms with Gasteiger partial charge in [-0.1, -0.05) is 36.4 Å². The van der Waals surface area contributed by atoms with Crippen molar-refractivity contribution in [3.63, 3.8) is 0 Å². The molecule has 0 saturated heterocycles. The average Bonchev–Trinajstić information content (AvgIpc) is 2.72. The molecule has 0 aliphatic heterocycles. The molecule has 3 rings (SSSR count). The molecule has 0 aromatic heterocycles. The Bertz CT molecular complexity index is 978. The minimum Gasteiger partial charge on any atom is -0.497 e. The van der Waals surface area contributed by atoms with E-state index in [1.807, 2.05) is 92.7 Å². The van der Waals surface area contributed by atoms with Crippen molar-refractivity contribution < 1.29 is 14.2 Å². The third-order valence-electron chi connectivity index (χ3n) is 3.94. The second-order valence-electron chi connectivity index (χ2n) is 6.27. The maximum Gasteiger partial charge on any atom is 0.225 e. The van der Waals surface area contributed by atoms with Gasteiger partial charge in [0.2, 0.25) is 5.90 Å². The zero-order chi connectivity index (χ0) is 19.8. The topological polar surface area (TPSA) is 40.0 Å². The number of hydrogen-bond acceptors (Lipinski definition) is 4. The van der Waals surface area contributed by atoms with E-state index in [2.05, 4.69) is 4.99 Å². The van der Waals surface area contributed by atoms with Crippen LogP contribution in [0, 0.1) is 6.92 Å². The smallest absolute Gasteiger partial charge is 0.225 e. The lowest BCUT2D eigenvalue weighted by Gasteiger charge is -2.11. The molecule has 0 bridgehead atoms. The Hall–Kier alpha value is -3.53. The first kappa shape index (κ1) is 19.2. The normalized spacial score (nSPS) is 11.8. The summed E-state index contributed by atoms with van der Waals surface area (Å²) in [5.74, 6) is 2.61. The number of nitrogens with zero attached hydrogens (tertiary/aromatic N) is 1. The molecule has 28 heavy (non-hydrogen) atoms. The van der Waals surface area contributed by atoms with Gasteiger partial charge in [0.1, 0.15) is 17.2 Å². The molecule has 3 aromatic rings. The first-order chi connectivity index (χ1) is 13.6. The van der Waals surface area contributed by atoms with Crippen LogP contribution in [0.25, 0.3) is 0 Å². The summed E-state index contributed by atoms with van der Waals surface area (Å²) in [6.45, 7) is 3.92. The minimum atomic E-state index is 0.472. The summed E-state index contributed by atoms with van der Waals surface area (Å²) in [5, 5.41) is 0. The van der Waals surface area contributed by atoms with Gasteiger partial charge >= 0.3 is 0 Å². The molecule has 4 nitrogen and oxygen atoms in total. The highest BCUT2D eigenvalue weighted by molar-refractivity contribution is 5.96. The zero-order valence-corrected chi connectivity index (χ0v) is 16.3. The van der Waals surface area contributed by atoms with Gasteiger partial charge in [0.15, 0.2) is 0 Å². The van der Waals surface area contributed by atoms with E-state index in [9.17, 15) is 0 Å². The molecule has 0 spiro atoms. The summed E-state index contributed by atoms with van der Waals surface area (Å²) in [6, 6.07) is 25.0. The second-order valence-corrected chi connectivity index (χ2v) is 6.27. The summed E-state index contributed by atoms with van der Waals surface area (Å²) in [5.41, 5.74) is 2.68. The largest absolute Gasteiger partial charge is 0.497 e. The van der Waals surface area contributed by atoms with Crippen molar-refractivity contribution in [2.24, 2.45) is 4.99 Å². The van der Waals surface area contributed by atoms with E-state index in [4.69, 9.17) is 14.2 Å². The van der Waals surface area contributed by atoms with E-state index in [0.29, 0.717) is 11.6 Å². The number of aliphatic imine (C=N–C) groups is 1. The predicted molar refractivity (Wildman–Crippen MR) is 113 cm³/mol. The molecular weight excluding hydrogens is 350 g/mol. The van der Waals surface area contributed by atoms with Crippen molar-refractivity contribution in [2.45, 2.75) is 13.8 Å². The number of para-hydroxylation sites is 1. The van der Waals surface area contributed by atoms with Crippen molar-refractivity contribution in [3.8, 4) is 17.2 Å². The van der Waals surface area contributed by atoms with E-state index < -0.39 is 0 Å². The fourth-order valence-electron chi connectivity index (χ4n) is 2.48. The van der Waals surface area contributed by atoms with Crippen molar-refractivity contribution in [2.75, 3.05) is 7.11 Å². The van der Waals surface area contributed by atoms with Gasteiger partial charge in [-0.25, -0.2) is 4.99 Å². The Kier molecular flexibility index (Phi) is 6.47. The van der Waals surface area contributed by atoms with Crippen LogP contribution >= 0.6 is 0 Å². The summed E-state index contributed by atoms with van der Waals surface area (Å²) < 4.78 is 17.1. The molecule has 3 aromatic carbocycles. The summed E-state index contributed by atoms with van der Waals surface area (Å²) in [4.78, 5) is 4.65. The van der Waals surface area contributed by atoms with Gasteiger partial charge < -0.3 is 14.2 Å². The van der Waals surface area contributed by atoms with Crippen molar-refractivity contribution in [1.29, 1.82) is 0 Å². The maximum atomic E-state index is 6.07. The number of ether oxygens (including phenoxy) is 3. The number of hydrogen-bond donors (Lipinski definition) is 0. The number of aryl methyl sites for hydroxylation is 1. The highest BCUT2D eigenvalue weighted by atomic mass is 16.5. The van der Waals surface area contributed by atoms with Crippen LogP contribution in [0.15, 0.2) is 95.7 Å². The summed E-state index contributed by atoms with van der Waals surface area (Å²) >= 11 is 0. The minimum absolute atomic E-state index is 0.472. The SMILES string of the molecule is COc1cccc(OC=C(C)/C(=N\c2ccccc2)Oc2cccc(C)c2)c1. The fourth-order valence-corrected chi connectivity index (χ4v) is 2.48. The van der Waals surface area contributed by atoms with Crippen LogP contribution in [0.3, 0.4) is 0 Å². The molecule has 0 aliphatic rings. The van der Waals surface area contributed by atoms with Gasteiger partial charge in [0.05, 0.1) is 19.1 Å². The van der Waals surface area contributed by atoms with Crippen LogP contribution in [0.4, 0.5) is 5.69 Å². The van der Waals surface area contributed by atoms with Crippen LogP contribution < -0.4 is 14.2 Å².